The summed E-state index contributed by atoms with van der Waals surface area (Å²) in [6.07, 6.45) is 1.65. The average Bonchev–Trinajstić information content (AvgIpc) is 2.89. The standard InChI is InChI=1S/C13H20Br2N2O2S/c1-3-17-12(13(15)9(2)16-17)6-11(7-14)10-4-5-20(18,19)8-10/h10-11H,3-8H2,1-2H3. The zero-order valence-corrected chi connectivity index (χ0v) is 15.8. The van der Waals surface area contributed by atoms with Crippen LogP contribution < -0.4 is 0 Å². The first-order chi connectivity index (χ1) is 9.38. The lowest BCUT2D eigenvalue weighted by Crippen LogP contribution is -2.22. The number of nitrogens with zero attached hydrogens (tertiary/aromatic N) is 2. The summed E-state index contributed by atoms with van der Waals surface area (Å²) in [6, 6.07) is 0. The Hall–Kier alpha value is 0.120. The molecule has 0 radical (unpaired) electrons. The van der Waals surface area contributed by atoms with E-state index in [1.807, 2.05) is 11.6 Å². The Kier molecular flexibility index (Phi) is 5.34. The largest absolute Gasteiger partial charge is 0.268 e. The molecular formula is C13H20Br2N2O2S. The Balaban J connectivity index is 2.19. The van der Waals surface area contributed by atoms with E-state index in [0.717, 1.165) is 34.9 Å². The summed E-state index contributed by atoms with van der Waals surface area (Å²) in [5.74, 6) is 1.27. The van der Waals surface area contributed by atoms with Crippen LogP contribution in [0.15, 0.2) is 4.47 Å². The zero-order valence-electron chi connectivity index (χ0n) is 11.8. The van der Waals surface area contributed by atoms with Crippen molar-refractivity contribution in [3.63, 3.8) is 0 Å². The van der Waals surface area contributed by atoms with Crippen molar-refractivity contribution < 1.29 is 8.42 Å². The van der Waals surface area contributed by atoms with E-state index in [-0.39, 0.29) is 5.92 Å². The fourth-order valence-corrected chi connectivity index (χ4v) is 5.98. The molecule has 0 bridgehead atoms. The van der Waals surface area contributed by atoms with E-state index in [0.29, 0.717) is 17.4 Å². The van der Waals surface area contributed by atoms with Crippen LogP contribution in [0.25, 0.3) is 0 Å². The maximum Gasteiger partial charge on any atom is 0.150 e. The Bertz CT molecular complexity index is 583. The van der Waals surface area contributed by atoms with Crippen LogP contribution in [0.1, 0.15) is 24.7 Å². The number of hydrogen-bond acceptors (Lipinski definition) is 3. The highest BCUT2D eigenvalue weighted by molar-refractivity contribution is 9.10. The minimum absolute atomic E-state index is 0.256. The first-order valence-electron chi connectivity index (χ1n) is 6.86. The number of hydrogen-bond donors (Lipinski definition) is 0. The molecule has 2 unspecified atom stereocenters. The molecule has 0 saturated carbocycles. The molecule has 1 aliphatic heterocycles. The molecule has 0 spiro atoms. The molecule has 2 heterocycles. The van der Waals surface area contributed by atoms with E-state index in [1.165, 1.54) is 5.69 Å². The number of aromatic nitrogens is 2. The van der Waals surface area contributed by atoms with Gasteiger partial charge in [0.25, 0.3) is 0 Å². The van der Waals surface area contributed by atoms with E-state index in [2.05, 4.69) is 43.9 Å². The van der Waals surface area contributed by atoms with Crippen molar-refractivity contribution >= 4 is 41.7 Å². The van der Waals surface area contributed by atoms with Crippen LogP contribution >= 0.6 is 31.9 Å². The summed E-state index contributed by atoms with van der Waals surface area (Å²) in [5.41, 5.74) is 2.17. The number of alkyl halides is 1. The predicted molar refractivity (Wildman–Crippen MR) is 88.1 cm³/mol. The maximum absolute atomic E-state index is 11.7. The number of sulfone groups is 1. The smallest absolute Gasteiger partial charge is 0.150 e. The zero-order chi connectivity index (χ0) is 14.9. The third kappa shape index (κ3) is 3.47. The topological polar surface area (TPSA) is 52.0 Å². The minimum Gasteiger partial charge on any atom is -0.268 e. The van der Waals surface area contributed by atoms with Gasteiger partial charge >= 0.3 is 0 Å². The summed E-state index contributed by atoms with van der Waals surface area (Å²) >= 11 is 7.17. The monoisotopic (exact) mass is 426 g/mol. The van der Waals surface area contributed by atoms with Crippen LogP contribution in [0.5, 0.6) is 0 Å². The van der Waals surface area contributed by atoms with E-state index < -0.39 is 9.84 Å². The lowest BCUT2D eigenvalue weighted by molar-refractivity contribution is 0.390. The number of rotatable bonds is 5. The molecule has 2 atom stereocenters. The van der Waals surface area contributed by atoms with Crippen molar-refractivity contribution in [2.45, 2.75) is 33.2 Å². The van der Waals surface area contributed by atoms with Crippen molar-refractivity contribution in [1.29, 1.82) is 0 Å². The van der Waals surface area contributed by atoms with Gasteiger partial charge in [0, 0.05) is 11.9 Å². The average molecular weight is 428 g/mol. The number of halogens is 2. The Morgan fingerprint density at radius 3 is 2.70 bits per heavy atom. The second kappa shape index (κ2) is 6.48. The van der Waals surface area contributed by atoms with Gasteiger partial charge in [-0.2, -0.15) is 5.10 Å². The van der Waals surface area contributed by atoms with Crippen LogP contribution in [0.2, 0.25) is 0 Å². The molecule has 1 aromatic rings. The van der Waals surface area contributed by atoms with Crippen LogP contribution in [0, 0.1) is 18.8 Å². The van der Waals surface area contributed by atoms with Gasteiger partial charge in [-0.25, -0.2) is 8.42 Å². The third-order valence-corrected chi connectivity index (χ3v) is 7.70. The lowest BCUT2D eigenvalue weighted by atomic mass is 9.89. The SMILES string of the molecule is CCn1nc(C)c(Br)c1CC(CBr)C1CCS(=O)(=O)C1. The summed E-state index contributed by atoms with van der Waals surface area (Å²) in [6.45, 7) is 4.90. The molecule has 1 aliphatic rings. The second-order valence-corrected chi connectivity index (χ2v) is 9.11. The van der Waals surface area contributed by atoms with E-state index in [1.54, 1.807) is 0 Å². The van der Waals surface area contributed by atoms with Gasteiger partial charge in [0.15, 0.2) is 9.84 Å². The summed E-state index contributed by atoms with van der Waals surface area (Å²) in [7, 11) is -2.82. The van der Waals surface area contributed by atoms with Gasteiger partial charge in [0.05, 0.1) is 27.4 Å². The van der Waals surface area contributed by atoms with Crippen molar-refractivity contribution in [3.05, 3.63) is 15.9 Å². The number of aryl methyl sites for hydroxylation is 2. The van der Waals surface area contributed by atoms with E-state index in [9.17, 15) is 8.42 Å². The Morgan fingerprint density at radius 2 is 2.20 bits per heavy atom. The molecule has 114 valence electrons. The van der Waals surface area contributed by atoms with Crippen LogP contribution in [-0.4, -0.2) is 35.0 Å². The van der Waals surface area contributed by atoms with E-state index in [4.69, 9.17) is 0 Å². The highest BCUT2D eigenvalue weighted by Gasteiger charge is 2.34. The molecule has 0 aliphatic carbocycles. The first kappa shape index (κ1) is 16.5. The van der Waals surface area contributed by atoms with Gasteiger partial charge in [0.2, 0.25) is 0 Å². The highest BCUT2D eigenvalue weighted by atomic mass is 79.9. The molecule has 7 heteroatoms. The second-order valence-electron chi connectivity index (χ2n) is 5.44. The summed E-state index contributed by atoms with van der Waals surface area (Å²) in [5, 5.41) is 5.33. The Labute approximate surface area is 137 Å². The van der Waals surface area contributed by atoms with Gasteiger partial charge in [-0.3, -0.25) is 4.68 Å². The van der Waals surface area contributed by atoms with Gasteiger partial charge in [0.1, 0.15) is 0 Å². The Morgan fingerprint density at radius 1 is 1.50 bits per heavy atom. The molecule has 1 saturated heterocycles. The first-order valence-corrected chi connectivity index (χ1v) is 10.6. The fourth-order valence-electron chi connectivity index (χ4n) is 2.86. The predicted octanol–water partition coefficient (Wildman–Crippen LogP) is 2.96. The van der Waals surface area contributed by atoms with Crippen LogP contribution in [0.3, 0.4) is 0 Å². The van der Waals surface area contributed by atoms with Crippen molar-refractivity contribution in [3.8, 4) is 0 Å². The van der Waals surface area contributed by atoms with Crippen LogP contribution in [-0.2, 0) is 22.8 Å². The molecular weight excluding hydrogens is 408 g/mol. The third-order valence-electron chi connectivity index (χ3n) is 4.04. The summed E-state index contributed by atoms with van der Waals surface area (Å²) in [4.78, 5) is 0. The fraction of sp³-hybridized carbons (Fsp3) is 0.769. The van der Waals surface area contributed by atoms with Gasteiger partial charge in [-0.15, -0.1) is 0 Å². The van der Waals surface area contributed by atoms with Crippen LogP contribution in [0.4, 0.5) is 0 Å². The molecule has 2 rings (SSSR count). The van der Waals surface area contributed by atoms with Crippen molar-refractivity contribution in [2.24, 2.45) is 11.8 Å². The normalized spacial score (nSPS) is 23.1. The molecule has 1 fully saturated rings. The van der Waals surface area contributed by atoms with Gasteiger partial charge < -0.3 is 0 Å². The molecule has 1 aromatic heterocycles. The van der Waals surface area contributed by atoms with Gasteiger partial charge in [-0.05, 0) is 54.5 Å². The molecule has 20 heavy (non-hydrogen) atoms. The summed E-state index contributed by atoms with van der Waals surface area (Å²) < 4.78 is 26.4. The van der Waals surface area contributed by atoms with Gasteiger partial charge in [-0.1, -0.05) is 15.9 Å². The molecule has 0 aromatic carbocycles. The van der Waals surface area contributed by atoms with Crippen molar-refractivity contribution in [1.82, 2.24) is 9.78 Å². The lowest BCUT2D eigenvalue weighted by Gasteiger charge is -2.20. The highest BCUT2D eigenvalue weighted by Crippen LogP contribution is 2.32. The quantitative estimate of drug-likeness (QED) is 0.678. The molecule has 0 amide bonds. The minimum atomic E-state index is -2.82. The maximum atomic E-state index is 11.7. The van der Waals surface area contributed by atoms with Crippen molar-refractivity contribution in [2.75, 3.05) is 16.8 Å². The molecule has 4 nitrogen and oxygen atoms in total. The van der Waals surface area contributed by atoms with E-state index >= 15 is 0 Å². The molecule has 0 N–H and O–H groups in total.